The van der Waals surface area contributed by atoms with Crippen molar-refractivity contribution in [3.8, 4) is 5.75 Å². The smallest absolute Gasteiger partial charge is 0.338 e. The van der Waals surface area contributed by atoms with Crippen molar-refractivity contribution < 1.29 is 33.3 Å². The van der Waals surface area contributed by atoms with Crippen LogP contribution in [-0.4, -0.2) is 31.1 Å². The highest BCUT2D eigenvalue weighted by Gasteiger charge is 2.50. The second kappa shape index (κ2) is 9.89. The molecule has 0 aliphatic carbocycles. The fourth-order valence-corrected chi connectivity index (χ4v) is 2.49. The third kappa shape index (κ3) is 5.92. The van der Waals surface area contributed by atoms with Gasteiger partial charge in [-0.2, -0.15) is 0 Å². The molecule has 0 aromatic heterocycles. The summed E-state index contributed by atoms with van der Waals surface area (Å²) in [4.78, 5) is 36.0. The molecule has 0 N–H and O–H groups in total. The van der Waals surface area contributed by atoms with Crippen LogP contribution in [0.2, 0.25) is 0 Å². The first-order valence-electron chi connectivity index (χ1n) is 10.1. The molecular formula is C23H30O7. The number of hydrogen-bond acceptors (Lipinski definition) is 7. The maximum Gasteiger partial charge on any atom is 0.338 e. The van der Waals surface area contributed by atoms with E-state index >= 15 is 0 Å². The van der Waals surface area contributed by atoms with Crippen molar-refractivity contribution in [3.63, 3.8) is 0 Å². The highest BCUT2D eigenvalue weighted by molar-refractivity contribution is 5.89. The van der Waals surface area contributed by atoms with E-state index in [0.717, 1.165) is 0 Å². The molecule has 7 heteroatoms. The summed E-state index contributed by atoms with van der Waals surface area (Å²) in [7, 11) is 0. The zero-order valence-corrected chi connectivity index (χ0v) is 18.4. The van der Waals surface area contributed by atoms with Crippen LogP contribution >= 0.6 is 0 Å². The van der Waals surface area contributed by atoms with Crippen LogP contribution in [0.15, 0.2) is 29.8 Å². The van der Waals surface area contributed by atoms with Gasteiger partial charge >= 0.3 is 17.9 Å². The van der Waals surface area contributed by atoms with Gasteiger partial charge < -0.3 is 18.9 Å². The van der Waals surface area contributed by atoms with Gasteiger partial charge in [0.05, 0.1) is 18.4 Å². The van der Waals surface area contributed by atoms with E-state index in [1.807, 2.05) is 0 Å². The maximum absolute atomic E-state index is 12.4. The van der Waals surface area contributed by atoms with Gasteiger partial charge in [0, 0.05) is 11.1 Å². The average molecular weight is 418 g/mol. The van der Waals surface area contributed by atoms with Gasteiger partial charge in [-0.05, 0) is 25.5 Å². The maximum atomic E-state index is 12.4. The van der Waals surface area contributed by atoms with E-state index in [2.05, 4.69) is 0 Å². The first-order valence-corrected chi connectivity index (χ1v) is 10.1. The van der Waals surface area contributed by atoms with Crippen molar-refractivity contribution in [2.45, 2.75) is 53.8 Å². The minimum absolute atomic E-state index is 0.0266. The van der Waals surface area contributed by atoms with Crippen molar-refractivity contribution in [3.05, 3.63) is 41.0 Å². The van der Waals surface area contributed by atoms with E-state index in [4.69, 9.17) is 18.9 Å². The zero-order valence-electron chi connectivity index (χ0n) is 18.4. The Labute approximate surface area is 177 Å². The lowest BCUT2D eigenvalue weighted by molar-refractivity contribution is -0.149. The van der Waals surface area contributed by atoms with Crippen LogP contribution in [0.5, 0.6) is 5.75 Å². The number of epoxide rings is 1. The summed E-state index contributed by atoms with van der Waals surface area (Å²) >= 11 is 0. The summed E-state index contributed by atoms with van der Waals surface area (Å²) in [6, 6.07) is 5.18. The summed E-state index contributed by atoms with van der Waals surface area (Å²) in [5.41, 5.74) is 0.880. The number of carbonyl (C=O) groups is 3. The monoisotopic (exact) mass is 418 g/mol. The molecule has 1 aromatic carbocycles. The summed E-state index contributed by atoms with van der Waals surface area (Å²) in [5, 5.41) is 0. The molecule has 1 aromatic rings. The molecule has 0 saturated carbocycles. The molecule has 0 bridgehead atoms. The van der Waals surface area contributed by atoms with Crippen LogP contribution < -0.4 is 4.74 Å². The predicted octanol–water partition coefficient (Wildman–Crippen LogP) is 3.68. The molecule has 164 valence electrons. The Hall–Kier alpha value is -2.67. The molecule has 30 heavy (non-hydrogen) atoms. The van der Waals surface area contributed by atoms with Crippen LogP contribution in [-0.2, 0) is 40.8 Å². The fourth-order valence-electron chi connectivity index (χ4n) is 2.49. The van der Waals surface area contributed by atoms with E-state index < -0.39 is 11.6 Å². The number of benzene rings is 1. The van der Waals surface area contributed by atoms with Gasteiger partial charge in [0.25, 0.3) is 0 Å². The standard InChI is InChI=1S/C23H30O7/c1-7-16(6)22(26)30-19-10-17(11-27-20(24)14(2)3)8-9-18(19)23(13-29-23)12-28-21(25)15(4)5/h7-10,14-15H,11-13H2,1-6H3/b16-7+/t23-/m0/s1. The molecule has 7 nitrogen and oxygen atoms in total. The van der Waals surface area contributed by atoms with Gasteiger partial charge in [-0.15, -0.1) is 0 Å². The van der Waals surface area contributed by atoms with Crippen molar-refractivity contribution in [1.29, 1.82) is 0 Å². The van der Waals surface area contributed by atoms with E-state index in [-0.39, 0.29) is 42.7 Å². The Morgan fingerprint density at radius 3 is 2.23 bits per heavy atom. The highest BCUT2D eigenvalue weighted by Crippen LogP contribution is 2.44. The fraction of sp³-hybridized carbons (Fsp3) is 0.522. The molecule has 1 aliphatic heterocycles. The van der Waals surface area contributed by atoms with Crippen LogP contribution in [0.3, 0.4) is 0 Å². The molecule has 1 atom stereocenters. The zero-order chi connectivity index (χ0) is 22.5. The molecule has 1 fully saturated rings. The lowest BCUT2D eigenvalue weighted by atomic mass is 9.98. The van der Waals surface area contributed by atoms with Gasteiger partial charge in [-0.3, -0.25) is 9.59 Å². The van der Waals surface area contributed by atoms with E-state index in [1.165, 1.54) is 0 Å². The topological polar surface area (TPSA) is 91.4 Å². The first kappa shape index (κ1) is 23.6. The van der Waals surface area contributed by atoms with E-state index in [0.29, 0.717) is 23.3 Å². The second-order valence-electron chi connectivity index (χ2n) is 8.00. The largest absolute Gasteiger partial charge is 0.462 e. The van der Waals surface area contributed by atoms with Gasteiger partial charge in [0.2, 0.25) is 0 Å². The summed E-state index contributed by atoms with van der Waals surface area (Å²) in [6.07, 6.45) is 1.66. The summed E-state index contributed by atoms with van der Waals surface area (Å²) < 4.78 is 21.9. The molecule has 0 amide bonds. The SMILES string of the molecule is C/C=C(\C)C(=O)Oc1cc(COC(=O)C(C)C)ccc1[C@]1(COC(=O)C(C)C)CO1. The van der Waals surface area contributed by atoms with Crippen LogP contribution in [0.4, 0.5) is 0 Å². The Morgan fingerprint density at radius 1 is 1.10 bits per heavy atom. The third-order valence-electron chi connectivity index (χ3n) is 4.76. The number of ether oxygens (including phenoxy) is 4. The number of allylic oxidation sites excluding steroid dienone is 1. The molecule has 0 radical (unpaired) electrons. The number of rotatable bonds is 9. The number of esters is 3. The molecule has 0 spiro atoms. The van der Waals surface area contributed by atoms with Gasteiger partial charge in [0.1, 0.15) is 19.0 Å². The van der Waals surface area contributed by atoms with Crippen molar-refractivity contribution in [1.82, 2.24) is 0 Å². The van der Waals surface area contributed by atoms with Gasteiger partial charge in [0.15, 0.2) is 5.60 Å². The third-order valence-corrected chi connectivity index (χ3v) is 4.76. The van der Waals surface area contributed by atoms with Crippen LogP contribution in [0.25, 0.3) is 0 Å². The molecule has 1 saturated heterocycles. The predicted molar refractivity (Wildman–Crippen MR) is 110 cm³/mol. The minimum Gasteiger partial charge on any atom is -0.462 e. The highest BCUT2D eigenvalue weighted by atomic mass is 16.6. The lowest BCUT2D eigenvalue weighted by Gasteiger charge is -2.18. The first-order chi connectivity index (χ1) is 14.1. The van der Waals surface area contributed by atoms with Crippen LogP contribution in [0.1, 0.15) is 52.7 Å². The molecule has 0 unspecified atom stereocenters. The van der Waals surface area contributed by atoms with Gasteiger partial charge in [-0.25, -0.2) is 4.79 Å². The number of carbonyl (C=O) groups excluding carboxylic acids is 3. The Kier molecular flexibility index (Phi) is 7.78. The average Bonchev–Trinajstić information content (AvgIpc) is 3.50. The Bertz CT molecular complexity index is 832. The van der Waals surface area contributed by atoms with Crippen molar-refractivity contribution >= 4 is 17.9 Å². The van der Waals surface area contributed by atoms with Crippen molar-refractivity contribution in [2.24, 2.45) is 11.8 Å². The van der Waals surface area contributed by atoms with E-state index in [1.54, 1.807) is 65.8 Å². The molecule has 2 rings (SSSR count). The van der Waals surface area contributed by atoms with E-state index in [9.17, 15) is 14.4 Å². The quantitative estimate of drug-likeness (QED) is 0.261. The van der Waals surface area contributed by atoms with Crippen LogP contribution in [0, 0.1) is 11.8 Å². The lowest BCUT2D eigenvalue weighted by Crippen LogP contribution is -2.24. The molecule has 1 aliphatic rings. The summed E-state index contributed by atoms with van der Waals surface area (Å²) in [6.45, 7) is 10.8. The molecular weight excluding hydrogens is 388 g/mol. The normalized spacial score (nSPS) is 18.3. The number of hydrogen-bond donors (Lipinski definition) is 0. The minimum atomic E-state index is -0.850. The van der Waals surface area contributed by atoms with Crippen molar-refractivity contribution in [2.75, 3.05) is 13.2 Å². The van der Waals surface area contributed by atoms with Gasteiger partial charge in [-0.1, -0.05) is 45.9 Å². The Morgan fingerprint density at radius 2 is 1.70 bits per heavy atom. The Balaban J connectivity index is 2.28. The second-order valence-corrected chi connectivity index (χ2v) is 8.00. The molecule has 1 heterocycles. The summed E-state index contributed by atoms with van der Waals surface area (Å²) in [5.74, 6) is -1.34.